The summed E-state index contributed by atoms with van der Waals surface area (Å²) in [6.07, 6.45) is 0. The number of nitrogens with zero attached hydrogens (tertiary/aromatic N) is 1. The van der Waals surface area contributed by atoms with Crippen LogP contribution in [0, 0.1) is 6.92 Å². The molecule has 3 nitrogen and oxygen atoms in total. The number of H-pyrrole nitrogens is 1. The number of aromatic amines is 1. The summed E-state index contributed by atoms with van der Waals surface area (Å²) >= 11 is 0. The highest BCUT2D eigenvalue weighted by Crippen LogP contribution is 2.30. The summed E-state index contributed by atoms with van der Waals surface area (Å²) in [5.74, 6) is 0.169. The first-order chi connectivity index (χ1) is 8.02. The minimum Gasteiger partial charge on any atom is -0.358 e. The lowest BCUT2D eigenvalue weighted by Crippen LogP contribution is -2.26. The number of para-hydroxylation sites is 1. The van der Waals surface area contributed by atoms with Crippen LogP contribution >= 0.6 is 0 Å². The monoisotopic (exact) mass is 230 g/mol. The first-order valence-corrected chi connectivity index (χ1v) is 5.76. The number of fused-ring (bicyclic) bond motifs is 1. The first-order valence-electron chi connectivity index (χ1n) is 5.76. The number of hydrogen-bond acceptors (Lipinski definition) is 2. The van der Waals surface area contributed by atoms with E-state index < -0.39 is 0 Å². The number of ketones is 1. The van der Waals surface area contributed by atoms with Crippen molar-refractivity contribution in [1.29, 1.82) is 0 Å². The van der Waals surface area contributed by atoms with Crippen LogP contribution in [0.1, 0.15) is 24.2 Å². The predicted octanol–water partition coefficient (Wildman–Crippen LogP) is 2.67. The molecule has 2 aromatic rings. The summed E-state index contributed by atoms with van der Waals surface area (Å²) in [7, 11) is 3.88. The third kappa shape index (κ3) is 1.98. The zero-order chi connectivity index (χ0) is 12.6. The fraction of sp³-hybridized carbons (Fsp3) is 0.357. The Morgan fingerprint density at radius 3 is 2.53 bits per heavy atom. The molecular formula is C14H18N2O. The maximum atomic E-state index is 11.8. The summed E-state index contributed by atoms with van der Waals surface area (Å²) in [5.41, 5.74) is 3.26. The van der Waals surface area contributed by atoms with E-state index >= 15 is 0 Å². The largest absolute Gasteiger partial charge is 0.358 e. The molecule has 0 fully saturated rings. The van der Waals surface area contributed by atoms with Gasteiger partial charge in [-0.1, -0.05) is 18.2 Å². The number of nitrogens with one attached hydrogen (secondary N) is 1. The van der Waals surface area contributed by atoms with Crippen molar-refractivity contribution in [3.63, 3.8) is 0 Å². The number of rotatable bonds is 3. The second-order valence-electron chi connectivity index (χ2n) is 4.69. The molecule has 1 N–H and O–H groups in total. The number of aromatic nitrogens is 1. The number of Topliss-reactive ketones (excluding diaryl/α,β-unsaturated/α-hetero) is 1. The van der Waals surface area contributed by atoms with Gasteiger partial charge >= 0.3 is 0 Å². The minimum atomic E-state index is -0.175. The van der Waals surface area contributed by atoms with Gasteiger partial charge in [0.05, 0.1) is 6.04 Å². The Balaban J connectivity index is 2.68. The summed E-state index contributed by atoms with van der Waals surface area (Å²) in [6.45, 7) is 3.67. The Kier molecular flexibility index (Phi) is 3.03. The topological polar surface area (TPSA) is 36.1 Å². The van der Waals surface area contributed by atoms with Crippen LogP contribution in [-0.4, -0.2) is 29.8 Å². The fourth-order valence-electron chi connectivity index (χ4n) is 2.48. The van der Waals surface area contributed by atoms with Crippen molar-refractivity contribution >= 4 is 16.7 Å². The Bertz CT molecular complexity index is 554. The molecule has 1 aromatic heterocycles. The van der Waals surface area contributed by atoms with Gasteiger partial charge in [0.15, 0.2) is 5.78 Å². The minimum absolute atomic E-state index is 0.169. The Morgan fingerprint density at radius 2 is 1.94 bits per heavy atom. The second kappa shape index (κ2) is 4.34. The smallest absolute Gasteiger partial charge is 0.151 e. The van der Waals surface area contributed by atoms with E-state index in [1.807, 2.05) is 44.1 Å². The number of aryl methyl sites for hydroxylation is 1. The van der Waals surface area contributed by atoms with E-state index in [0.717, 1.165) is 22.2 Å². The van der Waals surface area contributed by atoms with Crippen molar-refractivity contribution in [3.8, 4) is 0 Å². The number of hydrogen-bond donors (Lipinski definition) is 1. The average molecular weight is 230 g/mol. The number of benzene rings is 1. The Morgan fingerprint density at radius 1 is 1.29 bits per heavy atom. The van der Waals surface area contributed by atoms with Crippen LogP contribution in [0.25, 0.3) is 10.9 Å². The molecule has 1 aromatic carbocycles. The van der Waals surface area contributed by atoms with Gasteiger partial charge in [0.25, 0.3) is 0 Å². The second-order valence-corrected chi connectivity index (χ2v) is 4.69. The normalized spacial score (nSPS) is 13.2. The quantitative estimate of drug-likeness (QED) is 0.880. The molecule has 0 amide bonds. The maximum absolute atomic E-state index is 11.8. The average Bonchev–Trinajstić information content (AvgIpc) is 2.55. The van der Waals surface area contributed by atoms with E-state index in [0.29, 0.717) is 0 Å². The van der Waals surface area contributed by atoms with Gasteiger partial charge in [-0.25, -0.2) is 0 Å². The number of carbonyl (C=O) groups is 1. The highest BCUT2D eigenvalue weighted by Gasteiger charge is 2.24. The van der Waals surface area contributed by atoms with Gasteiger partial charge in [-0.3, -0.25) is 9.69 Å². The summed E-state index contributed by atoms with van der Waals surface area (Å²) in [4.78, 5) is 17.1. The highest BCUT2D eigenvalue weighted by atomic mass is 16.1. The number of likely N-dealkylation sites (N-methyl/N-ethyl adjacent to an activating group) is 1. The van der Waals surface area contributed by atoms with Crippen LogP contribution in [0.5, 0.6) is 0 Å². The molecule has 0 saturated carbocycles. The fourth-order valence-corrected chi connectivity index (χ4v) is 2.48. The van der Waals surface area contributed by atoms with Gasteiger partial charge < -0.3 is 4.98 Å². The van der Waals surface area contributed by atoms with Crippen molar-refractivity contribution in [2.75, 3.05) is 14.1 Å². The van der Waals surface area contributed by atoms with Crippen molar-refractivity contribution in [2.45, 2.75) is 19.9 Å². The van der Waals surface area contributed by atoms with E-state index in [9.17, 15) is 4.79 Å². The lowest BCUT2D eigenvalue weighted by molar-refractivity contribution is -0.121. The Hall–Kier alpha value is -1.61. The van der Waals surface area contributed by atoms with Gasteiger partial charge in [0.1, 0.15) is 0 Å². The van der Waals surface area contributed by atoms with Crippen molar-refractivity contribution in [1.82, 2.24) is 9.88 Å². The highest BCUT2D eigenvalue weighted by molar-refractivity contribution is 5.92. The molecule has 90 valence electrons. The van der Waals surface area contributed by atoms with E-state index in [-0.39, 0.29) is 11.8 Å². The van der Waals surface area contributed by atoms with E-state index in [4.69, 9.17) is 0 Å². The summed E-state index contributed by atoms with van der Waals surface area (Å²) in [6, 6.07) is 7.94. The molecule has 0 saturated heterocycles. The Labute approximate surface area is 101 Å². The van der Waals surface area contributed by atoms with Gasteiger partial charge in [0.2, 0.25) is 0 Å². The van der Waals surface area contributed by atoms with Gasteiger partial charge in [0, 0.05) is 22.2 Å². The van der Waals surface area contributed by atoms with Crippen LogP contribution in [0.15, 0.2) is 24.3 Å². The van der Waals surface area contributed by atoms with Crippen molar-refractivity contribution in [2.24, 2.45) is 0 Å². The molecule has 2 rings (SSSR count). The zero-order valence-electron chi connectivity index (χ0n) is 10.7. The SMILES string of the molecule is CC(=O)C(c1c(C)[nH]c2ccccc12)N(C)C. The molecule has 0 aliphatic carbocycles. The maximum Gasteiger partial charge on any atom is 0.151 e. The van der Waals surface area contributed by atoms with Gasteiger partial charge in [-0.2, -0.15) is 0 Å². The third-order valence-corrected chi connectivity index (χ3v) is 3.12. The molecule has 1 unspecified atom stereocenters. The summed E-state index contributed by atoms with van der Waals surface area (Å²) in [5, 5.41) is 1.14. The van der Waals surface area contributed by atoms with Gasteiger partial charge in [-0.15, -0.1) is 0 Å². The van der Waals surface area contributed by atoms with Crippen molar-refractivity contribution in [3.05, 3.63) is 35.5 Å². The molecule has 0 spiro atoms. The molecule has 0 aliphatic rings. The molecular weight excluding hydrogens is 212 g/mol. The number of carbonyl (C=O) groups excluding carboxylic acids is 1. The van der Waals surface area contributed by atoms with Crippen LogP contribution in [0.4, 0.5) is 0 Å². The molecule has 3 heteroatoms. The molecule has 0 radical (unpaired) electrons. The van der Waals surface area contributed by atoms with E-state index in [1.165, 1.54) is 0 Å². The molecule has 0 bridgehead atoms. The molecule has 17 heavy (non-hydrogen) atoms. The summed E-state index contributed by atoms with van der Waals surface area (Å²) < 4.78 is 0. The molecule has 1 heterocycles. The zero-order valence-corrected chi connectivity index (χ0v) is 10.7. The molecule has 0 aliphatic heterocycles. The molecule has 1 atom stereocenters. The van der Waals surface area contributed by atoms with E-state index in [1.54, 1.807) is 6.92 Å². The lowest BCUT2D eigenvalue weighted by atomic mass is 9.99. The standard InChI is InChI=1S/C14H18N2O/c1-9-13(14(10(2)17)16(3)4)11-7-5-6-8-12(11)15-9/h5-8,14-15H,1-4H3. The predicted molar refractivity (Wildman–Crippen MR) is 70.1 cm³/mol. The van der Waals surface area contributed by atoms with Crippen molar-refractivity contribution < 1.29 is 4.79 Å². The first kappa shape index (κ1) is 11.9. The van der Waals surface area contributed by atoms with Crippen LogP contribution in [0.3, 0.4) is 0 Å². The van der Waals surface area contributed by atoms with Gasteiger partial charge in [-0.05, 0) is 34.0 Å². The van der Waals surface area contributed by atoms with Crippen LogP contribution < -0.4 is 0 Å². The lowest BCUT2D eigenvalue weighted by Gasteiger charge is -2.22. The van der Waals surface area contributed by atoms with Crippen LogP contribution in [-0.2, 0) is 4.79 Å². The third-order valence-electron chi connectivity index (χ3n) is 3.12. The van der Waals surface area contributed by atoms with E-state index in [2.05, 4.69) is 11.1 Å². The van der Waals surface area contributed by atoms with Crippen LogP contribution in [0.2, 0.25) is 0 Å².